The second-order valence-electron chi connectivity index (χ2n) is 4.92. The van der Waals surface area contributed by atoms with E-state index >= 15 is 0 Å². The second kappa shape index (κ2) is 8.92. The van der Waals surface area contributed by atoms with Crippen LogP contribution >= 0.6 is 0 Å². The smallest absolute Gasteiger partial charge is 0.214 e. The lowest BCUT2D eigenvalue weighted by Crippen LogP contribution is -2.39. The highest BCUT2D eigenvalue weighted by Crippen LogP contribution is 2.13. The van der Waals surface area contributed by atoms with E-state index in [1.807, 2.05) is 0 Å². The van der Waals surface area contributed by atoms with Crippen LogP contribution in [0.4, 0.5) is 0 Å². The van der Waals surface area contributed by atoms with Crippen molar-refractivity contribution in [2.45, 2.75) is 31.4 Å². The van der Waals surface area contributed by atoms with Gasteiger partial charge in [-0.05, 0) is 0 Å². The lowest BCUT2D eigenvalue weighted by molar-refractivity contribution is -0.116. The highest BCUT2D eigenvalue weighted by Gasteiger charge is 2.24. The van der Waals surface area contributed by atoms with E-state index in [4.69, 9.17) is 5.73 Å². The van der Waals surface area contributed by atoms with Gasteiger partial charge in [0.05, 0.1) is 0 Å². The van der Waals surface area contributed by atoms with Gasteiger partial charge < -0.3 is 16.4 Å². The number of carbonyl (C=O) groups is 1. The second-order valence-corrected chi connectivity index (χ2v) is 12.1. The zero-order valence-corrected chi connectivity index (χ0v) is 13.4. The van der Waals surface area contributed by atoms with E-state index in [1.165, 1.54) is 0 Å². The molecule has 1 heterocycles. The van der Waals surface area contributed by atoms with Crippen molar-refractivity contribution in [2.24, 2.45) is 5.73 Å². The lowest BCUT2D eigenvalue weighted by Gasteiger charge is -2.18. The summed E-state index contributed by atoms with van der Waals surface area (Å²) in [6, 6.07) is 0. The minimum atomic E-state index is -0.814. The Hall–Kier alpha value is -0.176. The minimum Gasteiger partial charge on any atom is -0.370 e. The third-order valence-electron chi connectivity index (χ3n) is 2.72. The highest BCUT2D eigenvalue weighted by molar-refractivity contribution is 6.82. The predicted molar refractivity (Wildman–Crippen MR) is 76.4 cm³/mol. The first-order valence-electron chi connectivity index (χ1n) is 6.17. The zero-order chi connectivity index (χ0) is 12.6. The summed E-state index contributed by atoms with van der Waals surface area (Å²) in [5.41, 5.74) is 5.27. The third-order valence-corrected chi connectivity index (χ3v) is 10.9. The van der Waals surface area contributed by atoms with Crippen LogP contribution in [0.1, 0.15) is 0 Å². The first-order valence-corrected chi connectivity index (χ1v) is 12.1. The van der Waals surface area contributed by atoms with Crippen LogP contribution in [-0.2, 0) is 4.79 Å². The Morgan fingerprint density at radius 2 is 1.31 bits per heavy atom. The van der Waals surface area contributed by atoms with Crippen LogP contribution < -0.4 is 16.4 Å². The molecule has 0 aliphatic carbocycles. The molecule has 1 aliphatic rings. The molecule has 0 bridgehead atoms. The summed E-state index contributed by atoms with van der Waals surface area (Å²) < 4.78 is 0. The number of nitrogens with two attached hydrogens (primary N) is 1. The van der Waals surface area contributed by atoms with E-state index in [9.17, 15) is 4.79 Å². The Morgan fingerprint density at radius 3 is 1.38 bits per heavy atom. The van der Waals surface area contributed by atoms with Crippen molar-refractivity contribution in [1.82, 2.24) is 10.6 Å². The van der Waals surface area contributed by atoms with E-state index in [0.717, 1.165) is 26.2 Å². The van der Waals surface area contributed by atoms with Crippen molar-refractivity contribution in [3.05, 3.63) is 0 Å². The SMILES string of the molecule is C1CNCCN1.C[SiH](C)C(C(N)=O)[SiH](C)C. The van der Waals surface area contributed by atoms with Crippen LogP contribution in [0.25, 0.3) is 0 Å². The molecule has 16 heavy (non-hydrogen) atoms. The number of hydrogen-bond donors (Lipinski definition) is 3. The number of carbonyl (C=O) groups excluding carboxylic acids is 1. The number of amides is 1. The molecular weight excluding hydrogens is 234 g/mol. The Labute approximate surface area is 103 Å². The predicted octanol–water partition coefficient (Wildman–Crippen LogP) is -0.466. The highest BCUT2D eigenvalue weighted by atomic mass is 28.3. The van der Waals surface area contributed by atoms with Gasteiger partial charge in [0.2, 0.25) is 5.91 Å². The van der Waals surface area contributed by atoms with E-state index in [-0.39, 0.29) is 5.91 Å². The summed E-state index contributed by atoms with van der Waals surface area (Å²) in [4.78, 5) is 10.9. The van der Waals surface area contributed by atoms with Crippen LogP contribution in [0.3, 0.4) is 0 Å². The molecule has 0 spiro atoms. The quantitative estimate of drug-likeness (QED) is 0.602. The van der Waals surface area contributed by atoms with E-state index in [1.54, 1.807) is 0 Å². The molecule has 1 saturated heterocycles. The molecule has 0 aromatic rings. The zero-order valence-electron chi connectivity index (χ0n) is 11.0. The molecule has 0 unspecified atom stereocenters. The molecule has 0 radical (unpaired) electrons. The molecule has 4 N–H and O–H groups in total. The number of rotatable bonds is 3. The molecule has 4 nitrogen and oxygen atoms in total. The van der Waals surface area contributed by atoms with Gasteiger partial charge in [0.1, 0.15) is 0 Å². The first-order chi connectivity index (χ1) is 7.46. The molecule has 96 valence electrons. The Kier molecular flexibility index (Phi) is 8.82. The lowest BCUT2D eigenvalue weighted by atomic mass is 10.4. The summed E-state index contributed by atoms with van der Waals surface area (Å²) in [7, 11) is -1.63. The summed E-state index contributed by atoms with van der Waals surface area (Å²) in [6.07, 6.45) is 0. The van der Waals surface area contributed by atoms with Crippen LogP contribution in [0, 0.1) is 0 Å². The van der Waals surface area contributed by atoms with Crippen molar-refractivity contribution < 1.29 is 4.79 Å². The topological polar surface area (TPSA) is 67.2 Å². The normalized spacial score (nSPS) is 16.2. The summed E-state index contributed by atoms with van der Waals surface area (Å²) in [5.74, 6) is -0.0525. The molecule has 0 aromatic heterocycles. The Morgan fingerprint density at radius 1 is 1.00 bits per heavy atom. The summed E-state index contributed by atoms with van der Waals surface area (Å²) in [5, 5.41) is 6.75. The van der Waals surface area contributed by atoms with Gasteiger partial charge in [-0.1, -0.05) is 26.2 Å². The number of nitrogens with one attached hydrogen (secondary N) is 2. The first kappa shape index (κ1) is 15.8. The maximum Gasteiger partial charge on any atom is 0.214 e. The molecular formula is C10H27N3OSi2. The third kappa shape index (κ3) is 7.16. The number of hydrogen-bond acceptors (Lipinski definition) is 3. The van der Waals surface area contributed by atoms with Crippen molar-refractivity contribution in [1.29, 1.82) is 0 Å². The molecule has 1 aliphatic heterocycles. The van der Waals surface area contributed by atoms with Crippen molar-refractivity contribution in [2.75, 3.05) is 26.2 Å². The molecule has 1 amide bonds. The van der Waals surface area contributed by atoms with Crippen LogP contribution in [0.2, 0.25) is 31.4 Å². The standard InChI is InChI=1S/C6H17NOSi2.C4H10N2/c1-9(2)6(5(7)8)10(3)4;1-2-6-4-3-5-1/h6,9-10H,1-4H3,(H2,7,8);5-6H,1-4H2. The van der Waals surface area contributed by atoms with E-state index in [0.29, 0.717) is 5.16 Å². The van der Waals surface area contributed by atoms with Crippen molar-refractivity contribution in [3.8, 4) is 0 Å². The summed E-state index contributed by atoms with van der Waals surface area (Å²) in [6.45, 7) is 13.3. The fraction of sp³-hybridized carbons (Fsp3) is 0.900. The largest absolute Gasteiger partial charge is 0.370 e. The average molecular weight is 262 g/mol. The van der Waals surface area contributed by atoms with Gasteiger partial charge >= 0.3 is 0 Å². The minimum absolute atomic E-state index is 0.0525. The van der Waals surface area contributed by atoms with Gasteiger partial charge in [0.25, 0.3) is 0 Å². The fourth-order valence-electron chi connectivity index (χ4n) is 2.03. The fourth-order valence-corrected chi connectivity index (χ4v) is 9.50. The molecule has 1 fully saturated rings. The molecule has 6 heteroatoms. The monoisotopic (exact) mass is 261 g/mol. The molecule has 0 saturated carbocycles. The van der Waals surface area contributed by atoms with Gasteiger partial charge in [-0.25, -0.2) is 0 Å². The van der Waals surface area contributed by atoms with Gasteiger partial charge in [-0.2, -0.15) is 0 Å². The molecule has 0 atom stereocenters. The van der Waals surface area contributed by atoms with Crippen LogP contribution in [-0.4, -0.2) is 49.7 Å². The van der Waals surface area contributed by atoms with Crippen molar-refractivity contribution >= 4 is 23.5 Å². The maximum atomic E-state index is 10.9. The van der Waals surface area contributed by atoms with E-state index in [2.05, 4.69) is 36.8 Å². The molecule has 1 rings (SSSR count). The number of primary amides is 1. The van der Waals surface area contributed by atoms with E-state index < -0.39 is 17.6 Å². The van der Waals surface area contributed by atoms with Gasteiger partial charge in [0, 0.05) is 48.9 Å². The van der Waals surface area contributed by atoms with Crippen molar-refractivity contribution in [3.63, 3.8) is 0 Å². The molecule has 0 aromatic carbocycles. The Bertz CT molecular complexity index is 177. The average Bonchev–Trinajstić information content (AvgIpc) is 2.19. The van der Waals surface area contributed by atoms with Crippen LogP contribution in [0.5, 0.6) is 0 Å². The maximum absolute atomic E-state index is 10.9. The van der Waals surface area contributed by atoms with Gasteiger partial charge in [-0.3, -0.25) is 4.79 Å². The summed E-state index contributed by atoms with van der Waals surface area (Å²) >= 11 is 0. The Balaban J connectivity index is 0.000000315. The van der Waals surface area contributed by atoms with Gasteiger partial charge in [0.15, 0.2) is 0 Å². The van der Waals surface area contributed by atoms with Gasteiger partial charge in [-0.15, -0.1) is 0 Å². The van der Waals surface area contributed by atoms with Crippen LogP contribution in [0.15, 0.2) is 0 Å². The number of piperazine rings is 1.